The van der Waals surface area contributed by atoms with E-state index in [2.05, 4.69) is 0 Å². The Balaban J connectivity index is 4.21. The largest absolute Gasteiger partial charge is 0.463 e. The summed E-state index contributed by atoms with van der Waals surface area (Å²) in [5.74, 6) is -1.03. The molecule has 0 unspecified atom stereocenters. The lowest BCUT2D eigenvalue weighted by atomic mass is 10.1. The number of allylic oxidation sites excluding steroid dienone is 1. The smallest absolute Gasteiger partial charge is 0.350 e. The minimum absolute atomic E-state index is 0.362. The van der Waals surface area contributed by atoms with Crippen LogP contribution in [0.25, 0.3) is 0 Å². The first kappa shape index (κ1) is 15.7. The third kappa shape index (κ3) is 6.76. The van der Waals surface area contributed by atoms with Crippen LogP contribution in [0, 0.1) is 0 Å². The van der Waals surface area contributed by atoms with Crippen molar-refractivity contribution >= 4 is 11.9 Å². The highest BCUT2D eigenvalue weighted by molar-refractivity contribution is 5.87. The van der Waals surface area contributed by atoms with E-state index in [1.165, 1.54) is 19.9 Å². The number of ether oxygens (including phenoxy) is 2. The van der Waals surface area contributed by atoms with Crippen LogP contribution in [0.2, 0.25) is 0 Å². The third-order valence-corrected chi connectivity index (χ3v) is 2.07. The molecule has 0 aliphatic rings. The summed E-state index contributed by atoms with van der Waals surface area (Å²) >= 11 is 0. The van der Waals surface area contributed by atoms with Gasteiger partial charge in [0.2, 0.25) is 5.60 Å². The van der Waals surface area contributed by atoms with Crippen LogP contribution < -0.4 is 0 Å². The molecular weight excluding hydrogens is 220 g/mol. The number of hydrogen-bond acceptors (Lipinski definition) is 4. The van der Waals surface area contributed by atoms with Gasteiger partial charge in [0.25, 0.3) is 0 Å². The summed E-state index contributed by atoms with van der Waals surface area (Å²) < 4.78 is 10.0. The van der Waals surface area contributed by atoms with Crippen molar-refractivity contribution in [2.75, 3.05) is 6.61 Å². The Labute approximate surface area is 103 Å². The summed E-state index contributed by atoms with van der Waals surface area (Å²) in [5, 5.41) is 0. The molecule has 0 radical (unpaired) electrons. The summed E-state index contributed by atoms with van der Waals surface area (Å²) in [7, 11) is 0. The minimum atomic E-state index is -1.23. The van der Waals surface area contributed by atoms with Crippen LogP contribution in [0.1, 0.15) is 47.0 Å². The first-order valence-corrected chi connectivity index (χ1v) is 6.00. The molecule has 0 fully saturated rings. The van der Waals surface area contributed by atoms with Crippen molar-refractivity contribution in [3.8, 4) is 0 Å². The predicted molar refractivity (Wildman–Crippen MR) is 65.5 cm³/mol. The van der Waals surface area contributed by atoms with Crippen LogP contribution in [0.3, 0.4) is 0 Å². The highest BCUT2D eigenvalue weighted by Crippen LogP contribution is 2.12. The van der Waals surface area contributed by atoms with Crippen molar-refractivity contribution in [2.45, 2.75) is 52.6 Å². The molecule has 98 valence electrons. The zero-order valence-corrected chi connectivity index (χ0v) is 11.1. The van der Waals surface area contributed by atoms with E-state index >= 15 is 0 Å². The van der Waals surface area contributed by atoms with Crippen molar-refractivity contribution in [2.24, 2.45) is 0 Å². The molecule has 0 rings (SSSR count). The van der Waals surface area contributed by atoms with Crippen molar-refractivity contribution in [1.29, 1.82) is 0 Å². The van der Waals surface area contributed by atoms with Crippen molar-refractivity contribution in [1.82, 2.24) is 0 Å². The van der Waals surface area contributed by atoms with Gasteiger partial charge in [0.1, 0.15) is 0 Å². The van der Waals surface area contributed by atoms with Gasteiger partial charge in [-0.05, 0) is 26.7 Å². The second-order valence-corrected chi connectivity index (χ2v) is 4.23. The van der Waals surface area contributed by atoms with Crippen molar-refractivity contribution in [3.05, 3.63) is 12.2 Å². The van der Waals surface area contributed by atoms with Gasteiger partial charge < -0.3 is 9.47 Å². The standard InChI is InChI=1S/C13H22O4/c1-5-7-9-11(14)17-13(3,4)12(15)16-10-8-6-2/h7,9H,5-6,8,10H2,1-4H3. The fourth-order valence-corrected chi connectivity index (χ4v) is 1.02. The Kier molecular flexibility index (Phi) is 7.26. The van der Waals surface area contributed by atoms with E-state index in [0.717, 1.165) is 19.3 Å². The lowest BCUT2D eigenvalue weighted by molar-refractivity contribution is -0.175. The van der Waals surface area contributed by atoms with E-state index in [1.54, 1.807) is 6.08 Å². The van der Waals surface area contributed by atoms with Crippen LogP contribution >= 0.6 is 0 Å². The summed E-state index contributed by atoms with van der Waals surface area (Å²) in [5.41, 5.74) is -1.23. The number of carbonyl (C=O) groups excluding carboxylic acids is 2. The van der Waals surface area contributed by atoms with E-state index in [-0.39, 0.29) is 0 Å². The molecule has 0 saturated carbocycles. The van der Waals surface area contributed by atoms with Crippen LogP contribution in [0.5, 0.6) is 0 Å². The van der Waals surface area contributed by atoms with Gasteiger partial charge in [-0.3, -0.25) is 0 Å². The second-order valence-electron chi connectivity index (χ2n) is 4.23. The molecule has 0 aromatic rings. The monoisotopic (exact) mass is 242 g/mol. The number of unbranched alkanes of at least 4 members (excludes halogenated alkanes) is 1. The lowest BCUT2D eigenvalue weighted by Gasteiger charge is -2.22. The van der Waals surface area contributed by atoms with Gasteiger partial charge in [-0.15, -0.1) is 0 Å². The molecule has 17 heavy (non-hydrogen) atoms. The van der Waals surface area contributed by atoms with Crippen molar-refractivity contribution in [3.63, 3.8) is 0 Å². The van der Waals surface area contributed by atoms with Gasteiger partial charge in [-0.1, -0.05) is 26.3 Å². The second kappa shape index (κ2) is 7.87. The topological polar surface area (TPSA) is 52.6 Å². The maximum Gasteiger partial charge on any atom is 0.350 e. The fraction of sp³-hybridized carbons (Fsp3) is 0.692. The Bertz CT molecular complexity index is 279. The summed E-state index contributed by atoms with van der Waals surface area (Å²) in [4.78, 5) is 23.0. The highest BCUT2D eigenvalue weighted by Gasteiger charge is 2.33. The van der Waals surface area contributed by atoms with Gasteiger partial charge in [0.15, 0.2) is 0 Å². The fourth-order valence-electron chi connectivity index (χ4n) is 1.02. The summed E-state index contributed by atoms with van der Waals surface area (Å²) in [6.45, 7) is 7.33. The van der Waals surface area contributed by atoms with E-state index in [9.17, 15) is 9.59 Å². The number of esters is 2. The lowest BCUT2D eigenvalue weighted by Crippen LogP contribution is -2.38. The number of rotatable bonds is 7. The van der Waals surface area contributed by atoms with E-state index in [0.29, 0.717) is 6.61 Å². The SMILES string of the molecule is CCC=CC(=O)OC(C)(C)C(=O)OCCCC. The maximum atomic E-state index is 11.6. The quantitative estimate of drug-likeness (QED) is 0.391. The molecule has 4 heteroatoms. The molecule has 0 aromatic carbocycles. The molecule has 0 aliphatic carbocycles. The third-order valence-electron chi connectivity index (χ3n) is 2.07. The van der Waals surface area contributed by atoms with E-state index in [1.807, 2.05) is 13.8 Å². The summed E-state index contributed by atoms with van der Waals surface area (Å²) in [6, 6.07) is 0. The average molecular weight is 242 g/mol. The maximum absolute atomic E-state index is 11.6. The van der Waals surface area contributed by atoms with Crippen LogP contribution in [0.4, 0.5) is 0 Å². The van der Waals surface area contributed by atoms with E-state index < -0.39 is 17.5 Å². The zero-order valence-electron chi connectivity index (χ0n) is 11.1. The van der Waals surface area contributed by atoms with Gasteiger partial charge in [-0.2, -0.15) is 0 Å². The molecule has 0 amide bonds. The van der Waals surface area contributed by atoms with Gasteiger partial charge in [0.05, 0.1) is 6.61 Å². The Hall–Kier alpha value is -1.32. The molecular formula is C13H22O4. The summed E-state index contributed by atoms with van der Waals surface area (Å²) in [6.07, 6.45) is 5.51. The van der Waals surface area contributed by atoms with Crippen LogP contribution in [0.15, 0.2) is 12.2 Å². The highest BCUT2D eigenvalue weighted by atomic mass is 16.6. The molecule has 0 aromatic heterocycles. The first-order valence-electron chi connectivity index (χ1n) is 6.00. The van der Waals surface area contributed by atoms with Gasteiger partial charge in [0, 0.05) is 6.08 Å². The zero-order chi connectivity index (χ0) is 13.3. The molecule has 0 atom stereocenters. The first-order chi connectivity index (χ1) is 7.94. The van der Waals surface area contributed by atoms with Gasteiger partial charge in [-0.25, -0.2) is 9.59 Å². The normalized spacial score (nSPS) is 11.5. The Morgan fingerprint density at radius 3 is 2.41 bits per heavy atom. The van der Waals surface area contributed by atoms with E-state index in [4.69, 9.17) is 9.47 Å². The molecule has 4 nitrogen and oxygen atoms in total. The molecule has 0 spiro atoms. The van der Waals surface area contributed by atoms with Gasteiger partial charge >= 0.3 is 11.9 Å². The van der Waals surface area contributed by atoms with Crippen LogP contribution in [-0.2, 0) is 19.1 Å². The molecule has 0 aliphatic heterocycles. The van der Waals surface area contributed by atoms with Crippen molar-refractivity contribution < 1.29 is 19.1 Å². The Morgan fingerprint density at radius 1 is 1.24 bits per heavy atom. The minimum Gasteiger partial charge on any atom is -0.463 e. The number of carbonyl (C=O) groups is 2. The molecule has 0 N–H and O–H groups in total. The molecule has 0 heterocycles. The predicted octanol–water partition coefficient (Wildman–Crippen LogP) is 2.62. The van der Waals surface area contributed by atoms with Crippen LogP contribution in [-0.4, -0.2) is 24.1 Å². The number of hydrogen-bond donors (Lipinski definition) is 0. The average Bonchev–Trinajstić information content (AvgIpc) is 2.26. The Morgan fingerprint density at radius 2 is 1.88 bits per heavy atom. The molecule has 0 bridgehead atoms. The molecule has 0 saturated heterocycles.